The number of rotatable bonds is 1. The summed E-state index contributed by atoms with van der Waals surface area (Å²) in [7, 11) is 0. The van der Waals surface area contributed by atoms with Gasteiger partial charge in [0.15, 0.2) is 0 Å². The molecule has 1 aliphatic rings. The molecule has 0 aliphatic carbocycles. The van der Waals surface area contributed by atoms with E-state index in [0.717, 1.165) is 11.1 Å². The van der Waals surface area contributed by atoms with Gasteiger partial charge >= 0.3 is 0 Å². The molecule has 0 N–H and O–H groups in total. The summed E-state index contributed by atoms with van der Waals surface area (Å²) >= 11 is 0. The lowest BCUT2D eigenvalue weighted by Crippen LogP contribution is -2.22. The van der Waals surface area contributed by atoms with Crippen molar-refractivity contribution in [1.29, 1.82) is 0 Å². The van der Waals surface area contributed by atoms with Crippen LogP contribution >= 0.6 is 0 Å². The van der Waals surface area contributed by atoms with Crippen LogP contribution in [-0.2, 0) is 6.42 Å². The van der Waals surface area contributed by atoms with E-state index in [1.807, 2.05) is 37.3 Å². The fourth-order valence-corrected chi connectivity index (χ4v) is 3.06. The lowest BCUT2D eigenvalue weighted by molar-refractivity contribution is 0.257. The van der Waals surface area contributed by atoms with Crippen LogP contribution in [0.4, 0.5) is 4.39 Å². The molecule has 0 radical (unpaired) electrons. The van der Waals surface area contributed by atoms with Gasteiger partial charge in [-0.05, 0) is 37.3 Å². The highest BCUT2D eigenvalue weighted by Crippen LogP contribution is 2.35. The highest BCUT2D eigenvalue weighted by Gasteiger charge is 2.27. The monoisotopic (exact) mass is 295 g/mol. The fraction of sp³-hybridized carbons (Fsp3) is 0.167. The molecule has 1 unspecified atom stereocenters. The summed E-state index contributed by atoms with van der Waals surface area (Å²) in [6.07, 6.45) is 0.538. The number of hydrogen-bond donors (Lipinski definition) is 0. The van der Waals surface area contributed by atoms with Crippen LogP contribution in [0.3, 0.4) is 0 Å². The van der Waals surface area contributed by atoms with Crippen molar-refractivity contribution in [2.24, 2.45) is 0 Å². The number of ether oxygens (including phenoxy) is 1. The second kappa shape index (κ2) is 4.70. The zero-order valence-electron chi connectivity index (χ0n) is 12.0. The molecule has 0 spiro atoms. The van der Waals surface area contributed by atoms with Crippen LogP contribution < -0.4 is 10.3 Å². The Morgan fingerprint density at radius 2 is 1.95 bits per heavy atom. The Hall–Kier alpha value is -2.62. The van der Waals surface area contributed by atoms with E-state index in [2.05, 4.69) is 0 Å². The van der Waals surface area contributed by atoms with Crippen LogP contribution in [0.2, 0.25) is 0 Å². The maximum absolute atomic E-state index is 13.7. The first-order chi connectivity index (χ1) is 10.6. The Bertz CT molecular complexity index is 931. The van der Waals surface area contributed by atoms with Gasteiger partial charge in [-0.25, -0.2) is 4.39 Å². The van der Waals surface area contributed by atoms with E-state index in [9.17, 15) is 9.18 Å². The van der Waals surface area contributed by atoms with Gasteiger partial charge in [0.1, 0.15) is 17.7 Å². The Kier molecular flexibility index (Phi) is 2.79. The molecule has 3 nitrogen and oxygen atoms in total. The van der Waals surface area contributed by atoms with Crippen molar-refractivity contribution in [1.82, 2.24) is 4.57 Å². The summed E-state index contributed by atoms with van der Waals surface area (Å²) in [5.41, 5.74) is 1.79. The molecule has 2 heterocycles. The van der Waals surface area contributed by atoms with Crippen LogP contribution in [0.15, 0.2) is 53.3 Å². The van der Waals surface area contributed by atoms with E-state index in [1.165, 1.54) is 12.1 Å². The quantitative estimate of drug-likeness (QED) is 0.688. The number of nitrogens with zero attached hydrogens (tertiary/aromatic N) is 1. The molecule has 1 atom stereocenters. The zero-order chi connectivity index (χ0) is 15.3. The van der Waals surface area contributed by atoms with Crippen molar-refractivity contribution in [3.05, 3.63) is 70.3 Å². The smallest absolute Gasteiger partial charge is 0.262 e. The van der Waals surface area contributed by atoms with E-state index in [0.29, 0.717) is 23.3 Å². The average molecular weight is 295 g/mol. The van der Waals surface area contributed by atoms with E-state index < -0.39 is 0 Å². The van der Waals surface area contributed by atoms with E-state index in [4.69, 9.17) is 4.74 Å². The predicted octanol–water partition coefficient (Wildman–Crippen LogP) is 3.45. The Morgan fingerprint density at radius 1 is 1.18 bits per heavy atom. The number of pyridine rings is 1. The predicted molar refractivity (Wildman–Crippen MR) is 83.3 cm³/mol. The Balaban J connectivity index is 2.17. The second-order valence-electron chi connectivity index (χ2n) is 5.58. The molecule has 0 saturated heterocycles. The second-order valence-corrected chi connectivity index (χ2v) is 5.58. The maximum atomic E-state index is 13.7. The molecule has 3 aromatic rings. The standard InChI is InChI=1S/C18H14FNO2/c1-11-9-15-17(22-11)14-8-7-12(19)10-16(14)20(18(15)21)13-5-3-2-4-6-13/h2-8,10-11H,9H2,1H3. The minimum absolute atomic E-state index is 0.0393. The van der Waals surface area contributed by atoms with Gasteiger partial charge < -0.3 is 4.74 Å². The molecule has 0 bridgehead atoms. The fourth-order valence-electron chi connectivity index (χ4n) is 3.06. The van der Waals surface area contributed by atoms with Gasteiger partial charge in [0.25, 0.3) is 5.56 Å². The molecule has 0 fully saturated rings. The third-order valence-electron chi connectivity index (χ3n) is 4.01. The maximum Gasteiger partial charge on any atom is 0.262 e. The van der Waals surface area contributed by atoms with Gasteiger partial charge in [0.2, 0.25) is 0 Å². The number of hydrogen-bond acceptors (Lipinski definition) is 2. The normalized spacial score (nSPS) is 16.5. The third kappa shape index (κ3) is 1.84. The Morgan fingerprint density at radius 3 is 2.73 bits per heavy atom. The van der Waals surface area contributed by atoms with Gasteiger partial charge in [0, 0.05) is 17.5 Å². The SMILES string of the molecule is CC1Cc2c(c3ccc(F)cc3n(-c3ccccc3)c2=O)O1. The van der Waals surface area contributed by atoms with Crippen LogP contribution in [0.5, 0.6) is 5.75 Å². The van der Waals surface area contributed by atoms with Crippen molar-refractivity contribution < 1.29 is 9.13 Å². The summed E-state index contributed by atoms with van der Waals surface area (Å²) < 4.78 is 21.1. The number of halogens is 1. The molecule has 0 amide bonds. The number of fused-ring (bicyclic) bond motifs is 3. The molecule has 2 aromatic carbocycles. The Labute approximate surface area is 126 Å². The first-order valence-electron chi connectivity index (χ1n) is 7.24. The minimum atomic E-state index is -0.373. The molecular formula is C18H14FNO2. The van der Waals surface area contributed by atoms with Crippen LogP contribution in [0, 0.1) is 5.82 Å². The topological polar surface area (TPSA) is 31.2 Å². The van der Waals surface area contributed by atoms with Crippen molar-refractivity contribution in [2.75, 3.05) is 0 Å². The van der Waals surface area contributed by atoms with Crippen molar-refractivity contribution in [3.8, 4) is 11.4 Å². The van der Waals surface area contributed by atoms with Crippen molar-refractivity contribution >= 4 is 10.9 Å². The van der Waals surface area contributed by atoms with Gasteiger partial charge in [0.05, 0.1) is 11.1 Å². The largest absolute Gasteiger partial charge is 0.489 e. The molecule has 4 heteroatoms. The molecule has 22 heavy (non-hydrogen) atoms. The van der Waals surface area contributed by atoms with Crippen molar-refractivity contribution in [2.45, 2.75) is 19.4 Å². The molecule has 110 valence electrons. The number of para-hydroxylation sites is 1. The third-order valence-corrected chi connectivity index (χ3v) is 4.01. The highest BCUT2D eigenvalue weighted by atomic mass is 19.1. The molecule has 0 saturated carbocycles. The first kappa shape index (κ1) is 13.1. The van der Waals surface area contributed by atoms with E-state index in [-0.39, 0.29) is 17.5 Å². The van der Waals surface area contributed by atoms with Crippen molar-refractivity contribution in [3.63, 3.8) is 0 Å². The van der Waals surface area contributed by atoms with E-state index >= 15 is 0 Å². The number of aromatic nitrogens is 1. The van der Waals surface area contributed by atoms with Gasteiger partial charge in [-0.3, -0.25) is 9.36 Å². The number of benzene rings is 2. The van der Waals surface area contributed by atoms with Gasteiger partial charge in [-0.2, -0.15) is 0 Å². The summed E-state index contributed by atoms with van der Waals surface area (Å²) in [6.45, 7) is 1.93. The van der Waals surface area contributed by atoms with E-state index in [1.54, 1.807) is 10.6 Å². The van der Waals surface area contributed by atoms with Crippen LogP contribution in [0.25, 0.3) is 16.6 Å². The summed E-state index contributed by atoms with van der Waals surface area (Å²) in [6, 6.07) is 13.8. The summed E-state index contributed by atoms with van der Waals surface area (Å²) in [4.78, 5) is 12.9. The van der Waals surface area contributed by atoms with Gasteiger partial charge in [-0.1, -0.05) is 18.2 Å². The minimum Gasteiger partial charge on any atom is -0.489 e. The first-order valence-corrected chi connectivity index (χ1v) is 7.24. The lowest BCUT2D eigenvalue weighted by atomic mass is 10.1. The highest BCUT2D eigenvalue weighted by molar-refractivity contribution is 5.88. The summed E-state index contributed by atoms with van der Waals surface area (Å²) in [5.74, 6) is 0.224. The molecule has 1 aromatic heterocycles. The molecular weight excluding hydrogens is 281 g/mol. The van der Waals surface area contributed by atoms with Crippen LogP contribution in [0.1, 0.15) is 12.5 Å². The van der Waals surface area contributed by atoms with Crippen LogP contribution in [-0.4, -0.2) is 10.7 Å². The average Bonchev–Trinajstić information content (AvgIpc) is 2.90. The molecule has 1 aliphatic heterocycles. The van der Waals surface area contributed by atoms with Gasteiger partial charge in [-0.15, -0.1) is 0 Å². The lowest BCUT2D eigenvalue weighted by Gasteiger charge is -2.13. The summed E-state index contributed by atoms with van der Waals surface area (Å²) in [5, 5.41) is 0.768. The molecule has 4 rings (SSSR count). The zero-order valence-corrected chi connectivity index (χ0v) is 12.0.